The van der Waals surface area contributed by atoms with Gasteiger partial charge in [-0.25, -0.2) is 0 Å². The molecule has 3 rings (SSSR count). The summed E-state index contributed by atoms with van der Waals surface area (Å²) in [5.41, 5.74) is 2.90. The van der Waals surface area contributed by atoms with Crippen LogP contribution in [0.15, 0.2) is 54.6 Å². The Morgan fingerprint density at radius 1 is 0.964 bits per heavy atom. The van der Waals surface area contributed by atoms with E-state index >= 15 is 0 Å². The lowest BCUT2D eigenvalue weighted by Crippen LogP contribution is -3.14. The number of nitrogens with one attached hydrogen (secondary N) is 3. The highest BCUT2D eigenvalue weighted by Crippen LogP contribution is 2.23. The molecule has 0 aromatic heterocycles. The maximum absolute atomic E-state index is 12.5. The first-order chi connectivity index (χ1) is 13.5. The fraction of sp³-hybridized carbons (Fsp3) is 0.391. The van der Waals surface area contributed by atoms with Crippen molar-refractivity contribution in [2.24, 2.45) is 5.92 Å². The molecule has 2 aromatic carbocycles. The fourth-order valence-electron chi connectivity index (χ4n) is 3.77. The number of likely N-dealkylation sites (tertiary alicyclic amines) is 1. The zero-order valence-corrected chi connectivity index (χ0v) is 16.7. The first-order valence-electron chi connectivity index (χ1n) is 10.1. The summed E-state index contributed by atoms with van der Waals surface area (Å²) in [6.07, 6.45) is 1.62. The van der Waals surface area contributed by atoms with Crippen LogP contribution in [0.2, 0.25) is 0 Å². The summed E-state index contributed by atoms with van der Waals surface area (Å²) in [6.45, 7) is 6.38. The van der Waals surface area contributed by atoms with E-state index in [4.69, 9.17) is 0 Å². The molecule has 1 aliphatic rings. The smallest absolute Gasteiger partial charge is 0.279 e. The number of carbonyl (C=O) groups excluding carboxylic acids is 2. The van der Waals surface area contributed by atoms with Gasteiger partial charge in [0.15, 0.2) is 6.54 Å². The van der Waals surface area contributed by atoms with Crippen molar-refractivity contribution in [3.63, 3.8) is 0 Å². The van der Waals surface area contributed by atoms with Gasteiger partial charge in [-0.3, -0.25) is 9.59 Å². The molecule has 0 aliphatic carbocycles. The van der Waals surface area contributed by atoms with Crippen LogP contribution in [0.4, 0.5) is 11.4 Å². The van der Waals surface area contributed by atoms with Crippen molar-refractivity contribution in [2.45, 2.75) is 32.6 Å². The van der Waals surface area contributed by atoms with Crippen molar-refractivity contribution in [3.05, 3.63) is 60.2 Å². The van der Waals surface area contributed by atoms with Crippen molar-refractivity contribution in [1.82, 2.24) is 0 Å². The van der Waals surface area contributed by atoms with E-state index in [-0.39, 0.29) is 17.7 Å². The molecule has 0 spiro atoms. The first kappa shape index (κ1) is 20.1. The number of rotatable bonds is 6. The molecule has 148 valence electrons. The van der Waals surface area contributed by atoms with Gasteiger partial charge in [0.25, 0.3) is 5.91 Å². The lowest BCUT2D eigenvalue weighted by atomic mass is 9.95. The zero-order valence-electron chi connectivity index (χ0n) is 16.7. The predicted octanol–water partition coefficient (Wildman–Crippen LogP) is 2.68. The highest BCUT2D eigenvalue weighted by Gasteiger charge is 2.28. The van der Waals surface area contributed by atoms with Gasteiger partial charge in [-0.15, -0.1) is 0 Å². The van der Waals surface area contributed by atoms with E-state index in [9.17, 15) is 9.59 Å². The Morgan fingerprint density at radius 3 is 2.29 bits per heavy atom. The molecule has 5 heteroatoms. The first-order valence-corrected chi connectivity index (χ1v) is 10.1. The maximum Gasteiger partial charge on any atom is 0.279 e. The van der Waals surface area contributed by atoms with Crippen LogP contribution < -0.4 is 15.5 Å². The average molecular weight is 381 g/mol. The number of hydrogen-bond donors (Lipinski definition) is 3. The van der Waals surface area contributed by atoms with E-state index in [1.54, 1.807) is 0 Å². The molecule has 1 fully saturated rings. The van der Waals surface area contributed by atoms with E-state index in [0.29, 0.717) is 12.5 Å². The zero-order chi connectivity index (χ0) is 19.9. The molecule has 1 heterocycles. The highest BCUT2D eigenvalue weighted by atomic mass is 16.2. The number of piperidine rings is 1. The van der Waals surface area contributed by atoms with Crippen LogP contribution in [-0.4, -0.2) is 31.4 Å². The second-order valence-electron chi connectivity index (χ2n) is 7.85. The van der Waals surface area contributed by atoms with Crippen LogP contribution in [-0.2, 0) is 9.59 Å². The number of amides is 2. The second kappa shape index (κ2) is 9.51. The third-order valence-corrected chi connectivity index (χ3v) is 5.37. The molecule has 0 bridgehead atoms. The van der Waals surface area contributed by atoms with Gasteiger partial charge in [-0.2, -0.15) is 0 Å². The van der Waals surface area contributed by atoms with Gasteiger partial charge in [0.2, 0.25) is 5.91 Å². The van der Waals surface area contributed by atoms with E-state index in [2.05, 4.69) is 30.5 Å². The standard InChI is InChI=1S/C23H29N3O2/c1-17(2)20-10-6-7-11-21(20)25-22(27)16-26-14-12-18(13-15-26)23(28)24-19-8-4-3-5-9-19/h3-11,17-18H,12-16H2,1-2H3,(H,24,28)(H,25,27)/p+1. The molecule has 3 N–H and O–H groups in total. The second-order valence-corrected chi connectivity index (χ2v) is 7.85. The van der Waals surface area contributed by atoms with Crippen molar-refractivity contribution >= 4 is 23.2 Å². The minimum Gasteiger partial charge on any atom is -0.327 e. The van der Waals surface area contributed by atoms with Gasteiger partial charge in [0.1, 0.15) is 0 Å². The van der Waals surface area contributed by atoms with E-state index in [1.807, 2.05) is 48.5 Å². The Bertz CT molecular complexity index is 797. The molecule has 0 saturated carbocycles. The number of anilines is 2. The summed E-state index contributed by atoms with van der Waals surface area (Å²) in [5, 5.41) is 6.06. The van der Waals surface area contributed by atoms with Crippen LogP contribution in [0.25, 0.3) is 0 Å². The Hall–Kier alpha value is -2.66. The average Bonchev–Trinajstić information content (AvgIpc) is 2.69. The number of carbonyl (C=O) groups is 2. The summed E-state index contributed by atoms with van der Waals surface area (Å²) in [4.78, 5) is 26.2. The lowest BCUT2D eigenvalue weighted by Gasteiger charge is -2.28. The summed E-state index contributed by atoms with van der Waals surface area (Å²) >= 11 is 0. The van der Waals surface area contributed by atoms with Gasteiger partial charge < -0.3 is 15.5 Å². The summed E-state index contributed by atoms with van der Waals surface area (Å²) in [6, 6.07) is 17.5. The largest absolute Gasteiger partial charge is 0.327 e. The summed E-state index contributed by atoms with van der Waals surface area (Å²) in [7, 11) is 0. The lowest BCUT2D eigenvalue weighted by molar-refractivity contribution is -0.897. The predicted molar refractivity (Wildman–Crippen MR) is 113 cm³/mol. The van der Waals surface area contributed by atoms with Crippen LogP contribution >= 0.6 is 0 Å². The van der Waals surface area contributed by atoms with E-state index in [0.717, 1.165) is 42.9 Å². The maximum atomic E-state index is 12.5. The topological polar surface area (TPSA) is 62.6 Å². The van der Waals surface area contributed by atoms with Crippen molar-refractivity contribution < 1.29 is 14.5 Å². The van der Waals surface area contributed by atoms with Gasteiger partial charge in [-0.05, 0) is 29.7 Å². The molecule has 2 aromatic rings. The monoisotopic (exact) mass is 380 g/mol. The number of quaternary nitrogens is 1. The molecule has 0 unspecified atom stereocenters. The van der Waals surface area contributed by atoms with Crippen LogP contribution in [0.5, 0.6) is 0 Å². The van der Waals surface area contributed by atoms with Gasteiger partial charge >= 0.3 is 0 Å². The van der Waals surface area contributed by atoms with Crippen molar-refractivity contribution in [1.29, 1.82) is 0 Å². The molecule has 1 aliphatic heterocycles. The van der Waals surface area contributed by atoms with Gasteiger partial charge in [0, 0.05) is 30.1 Å². The normalized spacial score (nSPS) is 19.2. The van der Waals surface area contributed by atoms with E-state index in [1.165, 1.54) is 4.90 Å². The van der Waals surface area contributed by atoms with E-state index < -0.39 is 0 Å². The third-order valence-electron chi connectivity index (χ3n) is 5.37. The quantitative estimate of drug-likeness (QED) is 0.722. The molecule has 0 atom stereocenters. The Balaban J connectivity index is 1.46. The van der Waals surface area contributed by atoms with Crippen LogP contribution in [0.3, 0.4) is 0 Å². The molecule has 28 heavy (non-hydrogen) atoms. The molecule has 1 saturated heterocycles. The summed E-state index contributed by atoms with van der Waals surface area (Å²) < 4.78 is 0. The number of hydrogen-bond acceptors (Lipinski definition) is 2. The molecule has 0 radical (unpaired) electrons. The van der Waals surface area contributed by atoms with Crippen molar-refractivity contribution in [3.8, 4) is 0 Å². The Morgan fingerprint density at radius 2 is 1.61 bits per heavy atom. The molecule has 2 amide bonds. The minimum atomic E-state index is 0.0219. The van der Waals surface area contributed by atoms with Gasteiger partial charge in [0.05, 0.1) is 13.1 Å². The minimum absolute atomic E-state index is 0.0219. The fourth-order valence-corrected chi connectivity index (χ4v) is 3.77. The SMILES string of the molecule is CC(C)c1ccccc1NC(=O)C[NH+]1CCC(C(=O)Nc2ccccc2)CC1. The Labute approximate surface area is 167 Å². The highest BCUT2D eigenvalue weighted by molar-refractivity contribution is 5.93. The summed E-state index contributed by atoms with van der Waals surface area (Å²) in [5.74, 6) is 0.507. The molecular weight excluding hydrogens is 350 g/mol. The number of benzene rings is 2. The number of para-hydroxylation sites is 2. The third kappa shape index (κ3) is 5.42. The molecular formula is C23H30N3O2+. The van der Waals surface area contributed by atoms with Gasteiger partial charge in [-0.1, -0.05) is 50.2 Å². The van der Waals surface area contributed by atoms with Crippen LogP contribution in [0, 0.1) is 5.92 Å². The molecule has 5 nitrogen and oxygen atoms in total. The van der Waals surface area contributed by atoms with Crippen LogP contribution in [0.1, 0.15) is 38.2 Å². The Kier molecular flexibility index (Phi) is 6.82. The van der Waals surface area contributed by atoms with Crippen molar-refractivity contribution in [2.75, 3.05) is 30.3 Å².